The Balaban J connectivity index is 2.25. The van der Waals surface area contributed by atoms with E-state index in [0.29, 0.717) is 6.54 Å². The van der Waals surface area contributed by atoms with Gasteiger partial charge in [-0.15, -0.1) is 0 Å². The second-order valence-electron chi connectivity index (χ2n) is 5.08. The lowest BCUT2D eigenvalue weighted by molar-refractivity contribution is -0.138. The molecule has 0 radical (unpaired) electrons. The number of aromatic nitrogens is 1. The molecule has 0 spiro atoms. The summed E-state index contributed by atoms with van der Waals surface area (Å²) in [6, 6.07) is 0.836. The van der Waals surface area contributed by atoms with Gasteiger partial charge in [0.1, 0.15) is 0 Å². The van der Waals surface area contributed by atoms with Crippen LogP contribution in [0.1, 0.15) is 41.6 Å². The second kappa shape index (κ2) is 4.92. The maximum atomic E-state index is 12.8. The van der Waals surface area contributed by atoms with Crippen LogP contribution in [-0.4, -0.2) is 17.3 Å². The summed E-state index contributed by atoms with van der Waals surface area (Å²) in [6.07, 6.45) is 0.148. The molecule has 0 bridgehead atoms. The van der Waals surface area contributed by atoms with Crippen molar-refractivity contribution >= 4 is 5.78 Å². The van der Waals surface area contributed by atoms with Gasteiger partial charge in [0.25, 0.3) is 0 Å². The van der Waals surface area contributed by atoms with Crippen LogP contribution in [-0.2, 0) is 6.18 Å². The van der Waals surface area contributed by atoms with Gasteiger partial charge in [-0.2, -0.15) is 13.2 Å². The van der Waals surface area contributed by atoms with E-state index in [2.05, 4.69) is 4.98 Å². The lowest BCUT2D eigenvalue weighted by Crippen LogP contribution is -2.39. The molecule has 1 aromatic rings. The van der Waals surface area contributed by atoms with E-state index in [1.807, 2.05) is 0 Å². The number of hydrogen-bond acceptors (Lipinski definition) is 3. The zero-order valence-corrected chi connectivity index (χ0v) is 10.3. The predicted molar refractivity (Wildman–Crippen MR) is 63.5 cm³/mol. The highest BCUT2D eigenvalue weighted by atomic mass is 19.4. The molecule has 1 aromatic heterocycles. The van der Waals surface area contributed by atoms with Crippen molar-refractivity contribution in [2.45, 2.75) is 31.9 Å². The number of hydrogen-bond donors (Lipinski definition) is 1. The highest BCUT2D eigenvalue weighted by Crippen LogP contribution is 2.44. The number of carbonyl (C=O) groups is 1. The number of halogens is 3. The Labute approximate surface area is 109 Å². The molecule has 0 aromatic carbocycles. The molecule has 1 aliphatic carbocycles. The third-order valence-corrected chi connectivity index (χ3v) is 3.81. The molecule has 0 amide bonds. The molecule has 2 rings (SSSR count). The Hall–Kier alpha value is -1.43. The summed E-state index contributed by atoms with van der Waals surface area (Å²) in [7, 11) is 0. The first-order valence-electron chi connectivity index (χ1n) is 6.12. The minimum Gasteiger partial charge on any atom is -0.330 e. The molecule has 1 heterocycles. The van der Waals surface area contributed by atoms with Gasteiger partial charge < -0.3 is 5.73 Å². The predicted octanol–water partition coefficient (Wildman–Crippen LogP) is 2.80. The van der Waals surface area contributed by atoms with Crippen LogP contribution in [0.5, 0.6) is 0 Å². The van der Waals surface area contributed by atoms with Crippen LogP contribution in [0.25, 0.3) is 0 Å². The number of ketones is 1. The average Bonchev–Trinajstić information content (AvgIpc) is 2.32. The monoisotopic (exact) mass is 272 g/mol. The summed E-state index contributed by atoms with van der Waals surface area (Å²) in [6.45, 7) is 0.334. The molecule has 0 aliphatic heterocycles. The van der Waals surface area contributed by atoms with E-state index in [-0.39, 0.29) is 17.4 Å². The van der Waals surface area contributed by atoms with Crippen molar-refractivity contribution in [1.29, 1.82) is 0 Å². The van der Waals surface area contributed by atoms with Crippen LogP contribution >= 0.6 is 0 Å². The molecule has 104 valence electrons. The largest absolute Gasteiger partial charge is 0.417 e. The third kappa shape index (κ3) is 2.78. The molecular weight excluding hydrogens is 257 g/mol. The van der Waals surface area contributed by atoms with E-state index in [9.17, 15) is 18.0 Å². The van der Waals surface area contributed by atoms with Crippen molar-refractivity contribution in [3.8, 4) is 0 Å². The maximum Gasteiger partial charge on any atom is 0.417 e. The Bertz CT molecular complexity index is 476. The van der Waals surface area contributed by atoms with E-state index in [4.69, 9.17) is 5.73 Å². The molecule has 1 aliphatic rings. The number of Topliss-reactive ketones (excluding diaryl/α,β-unsaturated/α-hetero) is 1. The Morgan fingerprint density at radius 3 is 2.58 bits per heavy atom. The Morgan fingerprint density at radius 2 is 2.11 bits per heavy atom. The summed E-state index contributed by atoms with van der Waals surface area (Å²) < 4.78 is 38.4. The molecule has 1 fully saturated rings. The van der Waals surface area contributed by atoms with Crippen LogP contribution in [0.4, 0.5) is 13.2 Å². The molecule has 6 heteroatoms. The molecule has 2 N–H and O–H groups in total. The van der Waals surface area contributed by atoms with Gasteiger partial charge in [0, 0.05) is 24.4 Å². The lowest BCUT2D eigenvalue weighted by atomic mass is 9.65. The number of alkyl halides is 3. The molecule has 0 unspecified atom stereocenters. The number of nitrogens with zero attached hydrogens (tertiary/aromatic N) is 1. The van der Waals surface area contributed by atoms with Crippen molar-refractivity contribution in [2.24, 2.45) is 11.1 Å². The topological polar surface area (TPSA) is 56.0 Å². The van der Waals surface area contributed by atoms with Crippen molar-refractivity contribution in [3.05, 3.63) is 29.6 Å². The maximum absolute atomic E-state index is 12.8. The van der Waals surface area contributed by atoms with Crippen LogP contribution in [0.3, 0.4) is 0 Å². The molecule has 0 saturated heterocycles. The lowest BCUT2D eigenvalue weighted by Gasteiger charge is -2.40. The average molecular weight is 272 g/mol. The van der Waals surface area contributed by atoms with Gasteiger partial charge in [0.2, 0.25) is 0 Å². The van der Waals surface area contributed by atoms with E-state index in [1.54, 1.807) is 0 Å². The number of nitrogens with two attached hydrogens (primary N) is 1. The zero-order valence-electron chi connectivity index (χ0n) is 10.3. The minimum atomic E-state index is -4.54. The van der Waals surface area contributed by atoms with Gasteiger partial charge in [-0.25, -0.2) is 0 Å². The van der Waals surface area contributed by atoms with Crippen molar-refractivity contribution in [1.82, 2.24) is 4.98 Å². The summed E-state index contributed by atoms with van der Waals surface area (Å²) in [5, 5.41) is 0. The number of pyridine rings is 1. The molecule has 0 atom stereocenters. The zero-order chi connectivity index (χ0) is 14.1. The highest BCUT2D eigenvalue weighted by molar-refractivity contribution is 5.97. The van der Waals surface area contributed by atoms with E-state index in [0.717, 1.165) is 37.7 Å². The van der Waals surface area contributed by atoms with Gasteiger partial charge in [-0.3, -0.25) is 9.78 Å². The standard InChI is InChI=1S/C13H15F3N2O/c14-13(15,16)10-2-5-18-7-9(10)11(19)6-12(8-17)3-1-4-12/h2,5,7H,1,3-4,6,8,17H2. The highest BCUT2D eigenvalue weighted by Gasteiger charge is 2.40. The van der Waals surface area contributed by atoms with Crippen LogP contribution in [0.15, 0.2) is 18.5 Å². The summed E-state index contributed by atoms with van der Waals surface area (Å²) in [5.41, 5.74) is 4.05. The summed E-state index contributed by atoms with van der Waals surface area (Å²) >= 11 is 0. The second-order valence-corrected chi connectivity index (χ2v) is 5.08. The van der Waals surface area contributed by atoms with E-state index in [1.165, 1.54) is 0 Å². The number of carbonyl (C=O) groups excluding carboxylic acids is 1. The first-order valence-corrected chi connectivity index (χ1v) is 6.12. The smallest absolute Gasteiger partial charge is 0.330 e. The van der Waals surface area contributed by atoms with Crippen molar-refractivity contribution < 1.29 is 18.0 Å². The molecule has 3 nitrogen and oxygen atoms in total. The minimum absolute atomic E-state index is 0.0677. The Morgan fingerprint density at radius 1 is 1.42 bits per heavy atom. The Kier molecular flexibility index (Phi) is 3.62. The molecule has 19 heavy (non-hydrogen) atoms. The SMILES string of the molecule is NCC1(CC(=O)c2cnccc2C(F)(F)F)CCC1. The van der Waals surface area contributed by atoms with Gasteiger partial charge in [0.05, 0.1) is 5.56 Å². The van der Waals surface area contributed by atoms with Crippen LogP contribution in [0, 0.1) is 5.41 Å². The van der Waals surface area contributed by atoms with Crippen molar-refractivity contribution in [3.63, 3.8) is 0 Å². The molecular formula is C13H15F3N2O. The van der Waals surface area contributed by atoms with Gasteiger partial charge in [-0.05, 0) is 30.9 Å². The third-order valence-electron chi connectivity index (χ3n) is 3.81. The fourth-order valence-electron chi connectivity index (χ4n) is 2.43. The van der Waals surface area contributed by atoms with Crippen LogP contribution in [0.2, 0.25) is 0 Å². The first-order chi connectivity index (χ1) is 8.88. The summed E-state index contributed by atoms with van der Waals surface area (Å²) in [5.74, 6) is -0.523. The summed E-state index contributed by atoms with van der Waals surface area (Å²) in [4.78, 5) is 15.7. The van der Waals surface area contributed by atoms with Crippen LogP contribution < -0.4 is 5.73 Å². The van der Waals surface area contributed by atoms with E-state index < -0.39 is 17.5 Å². The fourth-order valence-corrected chi connectivity index (χ4v) is 2.43. The first kappa shape index (κ1) is 14.0. The van der Waals surface area contributed by atoms with Crippen molar-refractivity contribution in [2.75, 3.05) is 6.54 Å². The quantitative estimate of drug-likeness (QED) is 0.857. The normalized spacial score (nSPS) is 17.9. The number of rotatable bonds is 4. The van der Waals surface area contributed by atoms with E-state index >= 15 is 0 Å². The van der Waals surface area contributed by atoms with Gasteiger partial charge >= 0.3 is 6.18 Å². The fraction of sp³-hybridized carbons (Fsp3) is 0.538. The van der Waals surface area contributed by atoms with Gasteiger partial charge in [0.15, 0.2) is 5.78 Å². The molecule has 1 saturated carbocycles. The van der Waals surface area contributed by atoms with Gasteiger partial charge in [-0.1, -0.05) is 6.42 Å².